The molecule has 14 heavy (non-hydrogen) atoms. The van der Waals surface area contributed by atoms with E-state index in [1.165, 1.54) is 25.8 Å². The molecule has 2 atom stereocenters. The first-order chi connectivity index (χ1) is 6.81. The van der Waals surface area contributed by atoms with Gasteiger partial charge < -0.3 is 10.5 Å². The molecular formula is C11H24N2O. The van der Waals surface area contributed by atoms with Crippen molar-refractivity contribution in [2.24, 2.45) is 5.73 Å². The maximum absolute atomic E-state index is 5.62. The predicted octanol–water partition coefficient (Wildman–Crippen LogP) is 1.22. The second-order valence-corrected chi connectivity index (χ2v) is 4.13. The van der Waals surface area contributed by atoms with Crippen molar-refractivity contribution in [2.75, 3.05) is 26.7 Å². The third kappa shape index (κ3) is 3.23. The van der Waals surface area contributed by atoms with E-state index >= 15 is 0 Å². The highest BCUT2D eigenvalue weighted by Crippen LogP contribution is 2.18. The van der Waals surface area contributed by atoms with Gasteiger partial charge in [0, 0.05) is 19.7 Å². The van der Waals surface area contributed by atoms with Crippen LogP contribution in [0.5, 0.6) is 0 Å². The average Bonchev–Trinajstić information content (AvgIpc) is 2.26. The Balaban J connectivity index is 2.40. The van der Waals surface area contributed by atoms with Gasteiger partial charge in [-0.3, -0.25) is 4.90 Å². The first kappa shape index (κ1) is 12.0. The number of nitrogens with two attached hydrogens (primary N) is 1. The fraction of sp³-hybridized carbons (Fsp3) is 1.00. The van der Waals surface area contributed by atoms with Gasteiger partial charge in [0.2, 0.25) is 0 Å². The maximum Gasteiger partial charge on any atom is 0.0698 e. The molecule has 0 aromatic heterocycles. The van der Waals surface area contributed by atoms with Gasteiger partial charge in [0.1, 0.15) is 0 Å². The fourth-order valence-electron chi connectivity index (χ4n) is 2.33. The van der Waals surface area contributed by atoms with Crippen LogP contribution in [0.4, 0.5) is 0 Å². The van der Waals surface area contributed by atoms with Gasteiger partial charge >= 0.3 is 0 Å². The Hall–Kier alpha value is -0.120. The van der Waals surface area contributed by atoms with Crippen LogP contribution < -0.4 is 5.73 Å². The lowest BCUT2D eigenvalue weighted by molar-refractivity contribution is 0.0127. The van der Waals surface area contributed by atoms with Gasteiger partial charge in [-0.25, -0.2) is 0 Å². The number of methoxy groups -OCH3 is 1. The van der Waals surface area contributed by atoms with E-state index in [1.54, 1.807) is 0 Å². The van der Waals surface area contributed by atoms with Gasteiger partial charge in [0.05, 0.1) is 6.10 Å². The molecule has 0 radical (unpaired) electrons. The van der Waals surface area contributed by atoms with Crippen molar-refractivity contribution in [2.45, 2.75) is 44.8 Å². The lowest BCUT2D eigenvalue weighted by atomic mass is 10.0. The minimum absolute atomic E-state index is 0.440. The monoisotopic (exact) mass is 200 g/mol. The minimum atomic E-state index is 0.440. The zero-order valence-electron chi connectivity index (χ0n) is 9.54. The Kier molecular flexibility index (Phi) is 5.45. The van der Waals surface area contributed by atoms with E-state index in [0.717, 1.165) is 19.5 Å². The molecular weight excluding hydrogens is 176 g/mol. The molecule has 3 nitrogen and oxygen atoms in total. The van der Waals surface area contributed by atoms with Crippen LogP contribution in [0.2, 0.25) is 0 Å². The highest BCUT2D eigenvalue weighted by molar-refractivity contribution is 4.79. The van der Waals surface area contributed by atoms with Gasteiger partial charge in [-0.15, -0.1) is 0 Å². The molecule has 1 saturated heterocycles. The number of piperidine rings is 1. The molecule has 1 aliphatic rings. The standard InChI is InChI=1S/C11H24N2O/c1-3-10(6-7-12)13-8-4-5-11(9-13)14-2/h10-11H,3-9,12H2,1-2H3. The molecule has 2 unspecified atom stereocenters. The average molecular weight is 200 g/mol. The summed E-state index contributed by atoms with van der Waals surface area (Å²) < 4.78 is 5.42. The summed E-state index contributed by atoms with van der Waals surface area (Å²) in [5, 5.41) is 0. The summed E-state index contributed by atoms with van der Waals surface area (Å²) in [7, 11) is 1.82. The quantitative estimate of drug-likeness (QED) is 0.725. The second-order valence-electron chi connectivity index (χ2n) is 4.13. The molecule has 0 aliphatic carbocycles. The number of rotatable bonds is 5. The highest BCUT2D eigenvalue weighted by atomic mass is 16.5. The molecule has 0 aromatic rings. The molecule has 0 spiro atoms. The lowest BCUT2D eigenvalue weighted by Crippen LogP contribution is -2.45. The van der Waals surface area contributed by atoms with E-state index in [0.29, 0.717) is 12.1 Å². The molecule has 0 saturated carbocycles. The van der Waals surface area contributed by atoms with Crippen LogP contribution in [0, 0.1) is 0 Å². The Morgan fingerprint density at radius 1 is 1.57 bits per heavy atom. The summed E-state index contributed by atoms with van der Waals surface area (Å²) in [6, 6.07) is 0.665. The molecule has 1 heterocycles. The van der Waals surface area contributed by atoms with Crippen molar-refractivity contribution in [1.29, 1.82) is 0 Å². The van der Waals surface area contributed by atoms with Crippen molar-refractivity contribution < 1.29 is 4.74 Å². The van der Waals surface area contributed by atoms with Crippen molar-refractivity contribution in [1.82, 2.24) is 4.90 Å². The Morgan fingerprint density at radius 3 is 2.93 bits per heavy atom. The first-order valence-electron chi connectivity index (χ1n) is 5.78. The van der Waals surface area contributed by atoms with Gasteiger partial charge in [-0.1, -0.05) is 6.92 Å². The van der Waals surface area contributed by atoms with E-state index in [-0.39, 0.29) is 0 Å². The summed E-state index contributed by atoms with van der Waals surface area (Å²) in [5.41, 5.74) is 5.62. The molecule has 1 aliphatic heterocycles. The third-order valence-electron chi connectivity index (χ3n) is 3.23. The number of hydrogen-bond acceptors (Lipinski definition) is 3. The van der Waals surface area contributed by atoms with Crippen LogP contribution in [0.15, 0.2) is 0 Å². The summed E-state index contributed by atoms with van der Waals surface area (Å²) in [6.45, 7) is 5.36. The molecule has 0 bridgehead atoms. The van der Waals surface area contributed by atoms with Crippen LogP contribution in [0.3, 0.4) is 0 Å². The van der Waals surface area contributed by atoms with Crippen molar-refractivity contribution in [3.05, 3.63) is 0 Å². The Labute approximate surface area is 87.6 Å². The first-order valence-corrected chi connectivity index (χ1v) is 5.78. The Bertz CT molecular complexity index is 152. The van der Waals surface area contributed by atoms with Gasteiger partial charge in [0.15, 0.2) is 0 Å². The van der Waals surface area contributed by atoms with Crippen molar-refractivity contribution >= 4 is 0 Å². The minimum Gasteiger partial charge on any atom is -0.380 e. The van der Waals surface area contributed by atoms with Crippen LogP contribution >= 0.6 is 0 Å². The van der Waals surface area contributed by atoms with Crippen LogP contribution in [-0.2, 0) is 4.74 Å². The highest BCUT2D eigenvalue weighted by Gasteiger charge is 2.23. The van der Waals surface area contributed by atoms with E-state index in [9.17, 15) is 0 Å². The maximum atomic E-state index is 5.62. The number of ether oxygens (including phenoxy) is 1. The molecule has 2 N–H and O–H groups in total. The van der Waals surface area contributed by atoms with Crippen LogP contribution in [0.25, 0.3) is 0 Å². The van der Waals surface area contributed by atoms with E-state index < -0.39 is 0 Å². The molecule has 0 aromatic carbocycles. The lowest BCUT2D eigenvalue weighted by Gasteiger charge is -2.37. The number of likely N-dealkylation sites (tertiary alicyclic amines) is 1. The zero-order valence-corrected chi connectivity index (χ0v) is 9.54. The second kappa shape index (κ2) is 6.38. The topological polar surface area (TPSA) is 38.5 Å². The van der Waals surface area contributed by atoms with Crippen molar-refractivity contribution in [3.8, 4) is 0 Å². The van der Waals surface area contributed by atoms with Gasteiger partial charge in [-0.05, 0) is 38.8 Å². The van der Waals surface area contributed by atoms with Gasteiger partial charge in [0.25, 0.3) is 0 Å². The van der Waals surface area contributed by atoms with Crippen LogP contribution in [-0.4, -0.2) is 43.8 Å². The molecule has 84 valence electrons. The SMILES string of the molecule is CCC(CCN)N1CCCC(OC)C1. The fourth-order valence-corrected chi connectivity index (χ4v) is 2.33. The molecule has 1 fully saturated rings. The number of hydrogen-bond donors (Lipinski definition) is 1. The van der Waals surface area contributed by atoms with E-state index in [1.807, 2.05) is 7.11 Å². The van der Waals surface area contributed by atoms with Crippen LogP contribution in [0.1, 0.15) is 32.6 Å². The molecule has 3 heteroatoms. The summed E-state index contributed by atoms with van der Waals surface area (Å²) in [4.78, 5) is 2.55. The molecule has 0 amide bonds. The zero-order chi connectivity index (χ0) is 10.4. The largest absolute Gasteiger partial charge is 0.380 e. The smallest absolute Gasteiger partial charge is 0.0698 e. The Morgan fingerprint density at radius 2 is 2.36 bits per heavy atom. The van der Waals surface area contributed by atoms with E-state index in [2.05, 4.69) is 11.8 Å². The summed E-state index contributed by atoms with van der Waals surface area (Å²) >= 11 is 0. The van der Waals surface area contributed by atoms with Gasteiger partial charge in [-0.2, -0.15) is 0 Å². The van der Waals surface area contributed by atoms with Crippen molar-refractivity contribution in [3.63, 3.8) is 0 Å². The molecule has 1 rings (SSSR count). The predicted molar refractivity (Wildman–Crippen MR) is 59.4 cm³/mol. The summed E-state index contributed by atoms with van der Waals surface area (Å²) in [5.74, 6) is 0. The third-order valence-corrected chi connectivity index (χ3v) is 3.23. The summed E-state index contributed by atoms with van der Waals surface area (Å²) in [6.07, 6.45) is 5.24. The normalized spacial score (nSPS) is 26.4. The number of nitrogens with zero attached hydrogens (tertiary/aromatic N) is 1. The van der Waals surface area contributed by atoms with E-state index in [4.69, 9.17) is 10.5 Å².